The Hall–Kier alpha value is -3.10. The predicted octanol–water partition coefficient (Wildman–Crippen LogP) is -0.704. The number of alkyl halides is 1. The Labute approximate surface area is 266 Å². The van der Waals surface area contributed by atoms with Gasteiger partial charge < -0.3 is 44.3 Å². The van der Waals surface area contributed by atoms with E-state index in [-0.39, 0.29) is 29.4 Å². The number of halogens is 1. The monoisotopic (exact) mass is 717 g/mol. The van der Waals surface area contributed by atoms with Crippen molar-refractivity contribution in [3.05, 3.63) is 23.0 Å². The third kappa shape index (κ3) is 5.39. The minimum absolute atomic E-state index is 0.0502. The zero-order valence-corrected chi connectivity index (χ0v) is 26.3. The van der Waals surface area contributed by atoms with Crippen molar-refractivity contribution in [2.75, 3.05) is 24.7 Å². The smallest absolute Gasteiger partial charge is 0.325 e. The van der Waals surface area contributed by atoms with Gasteiger partial charge in [0.05, 0.1) is 19.5 Å². The van der Waals surface area contributed by atoms with E-state index in [9.17, 15) is 14.6 Å². The first-order chi connectivity index (χ1) is 21.8. The molecule has 0 aromatic carbocycles. The Morgan fingerprint density at radius 2 is 1.93 bits per heavy atom. The van der Waals surface area contributed by atoms with Crippen molar-refractivity contribution in [3.8, 4) is 12.3 Å². The molecule has 244 valence electrons. The van der Waals surface area contributed by atoms with Gasteiger partial charge >= 0.3 is 13.4 Å². The average molecular weight is 718 g/mol. The van der Waals surface area contributed by atoms with E-state index in [0.29, 0.717) is 11.2 Å². The third-order valence-corrected chi connectivity index (χ3v) is 10.6. The molecule has 3 aliphatic rings. The number of imidazole rings is 1. The van der Waals surface area contributed by atoms with E-state index in [2.05, 4.69) is 41.2 Å². The summed E-state index contributed by atoms with van der Waals surface area (Å²) in [5.74, 6) is 2.29. The van der Waals surface area contributed by atoms with E-state index in [4.69, 9.17) is 69.1 Å². The lowest BCUT2D eigenvalue weighted by atomic mass is 9.99. The van der Waals surface area contributed by atoms with Crippen LogP contribution in [0.5, 0.6) is 0 Å². The lowest BCUT2D eigenvalue weighted by molar-refractivity contribution is -0.0903. The molecule has 0 amide bonds. The van der Waals surface area contributed by atoms with Gasteiger partial charge in [0.25, 0.3) is 5.56 Å². The van der Waals surface area contributed by atoms with Crippen LogP contribution in [0, 0.1) is 12.3 Å². The van der Waals surface area contributed by atoms with Crippen molar-refractivity contribution in [2.24, 2.45) is 0 Å². The fourth-order valence-corrected chi connectivity index (χ4v) is 8.17. The summed E-state index contributed by atoms with van der Waals surface area (Å²) in [5, 5.41) is 7.61. The van der Waals surface area contributed by atoms with E-state index in [1.54, 1.807) is 0 Å². The molecule has 9 atom stereocenters. The van der Waals surface area contributed by atoms with E-state index >= 15 is 4.39 Å². The molecule has 7 rings (SSSR count). The first-order valence-electron chi connectivity index (χ1n) is 13.1. The lowest BCUT2D eigenvalue weighted by Crippen LogP contribution is -2.43. The normalized spacial score (nSPS) is 36.9. The van der Waals surface area contributed by atoms with Gasteiger partial charge in [0, 0.05) is 6.42 Å². The fraction of sp³-hybridized carbons (Fsp3) is 0.476. The minimum atomic E-state index is -4.39. The van der Waals surface area contributed by atoms with E-state index in [0.717, 1.165) is 4.68 Å². The van der Waals surface area contributed by atoms with E-state index < -0.39 is 74.8 Å². The van der Waals surface area contributed by atoms with Crippen molar-refractivity contribution in [1.82, 2.24) is 44.5 Å². The van der Waals surface area contributed by atoms with Gasteiger partial charge in [-0.1, -0.05) is 11.1 Å². The number of hydrogen-bond acceptors (Lipinski definition) is 17. The van der Waals surface area contributed by atoms with Crippen LogP contribution in [0.2, 0.25) is 0 Å². The molecule has 3 fully saturated rings. The van der Waals surface area contributed by atoms with Gasteiger partial charge in [-0.15, -0.1) is 11.5 Å². The molecule has 4 aromatic rings. The number of nitrogens with one attached hydrogen (secondary N) is 1. The summed E-state index contributed by atoms with van der Waals surface area (Å²) in [6.45, 7) is -9.92. The summed E-state index contributed by atoms with van der Waals surface area (Å²) in [6, 6.07) is 0. The molecule has 20 nitrogen and oxygen atoms in total. The first-order valence-corrected chi connectivity index (χ1v) is 18.3. The Morgan fingerprint density at radius 3 is 2.72 bits per heavy atom. The molecule has 7 N–H and O–H groups in total. The lowest BCUT2D eigenvalue weighted by Gasteiger charge is -2.32. The molecular formula is C21H22FN11O9P2S2. The molecule has 25 heteroatoms. The molecule has 0 saturated carbocycles. The number of nitrogens with two attached hydrogens (primary N) is 2. The number of nitrogens with zero attached hydrogens (tertiary/aromatic N) is 8. The second-order valence-corrected chi connectivity index (χ2v) is 15.8. The molecule has 4 aromatic heterocycles. The maximum atomic E-state index is 15.9. The molecule has 3 saturated heterocycles. The highest BCUT2D eigenvalue weighted by molar-refractivity contribution is 8.07. The number of terminal acetylenes is 1. The average Bonchev–Trinajstić information content (AvgIpc) is 3.76. The molecule has 0 radical (unpaired) electrons. The second-order valence-electron chi connectivity index (χ2n) is 10.3. The first kappa shape index (κ1) is 31.5. The highest BCUT2D eigenvalue weighted by atomic mass is 32.5. The van der Waals surface area contributed by atoms with Crippen LogP contribution in [0.3, 0.4) is 0 Å². The SMILES string of the molecule is C#C[C@@]12COP(O)(=S)O[C@@H]3[C@@H](F)[C@@H](COP(O)(=S)O[C@H]1C[C@H](n1cnc4c(N)ncnc41)O2)O[C@H]3n1nnc2c(=O)[nH]c(N)nc21. The Bertz CT molecular complexity index is 2060. The van der Waals surface area contributed by atoms with Crippen molar-refractivity contribution < 1.29 is 41.7 Å². The molecule has 3 aliphatic heterocycles. The number of hydrogen-bond donors (Lipinski definition) is 5. The zero-order chi connectivity index (χ0) is 32.6. The van der Waals surface area contributed by atoms with Crippen LogP contribution in [-0.4, -0.2) is 97.6 Å². The maximum absolute atomic E-state index is 15.9. The maximum Gasteiger partial charge on any atom is 0.325 e. The number of nitrogen functional groups attached to an aromatic ring is 2. The number of ether oxygens (including phenoxy) is 2. The molecule has 0 aliphatic carbocycles. The van der Waals surface area contributed by atoms with Crippen molar-refractivity contribution in [2.45, 2.75) is 49.0 Å². The highest BCUT2D eigenvalue weighted by Gasteiger charge is 2.55. The molecule has 2 unspecified atom stereocenters. The molecule has 2 bridgehead atoms. The van der Waals surface area contributed by atoms with Gasteiger partial charge in [-0.25, -0.2) is 19.3 Å². The Kier molecular flexibility index (Phi) is 7.71. The largest absolute Gasteiger partial charge is 0.382 e. The number of anilines is 2. The topological polar surface area (TPSA) is 268 Å². The van der Waals surface area contributed by atoms with Gasteiger partial charge in [0.15, 0.2) is 40.6 Å². The van der Waals surface area contributed by atoms with Crippen molar-refractivity contribution >= 4 is 71.1 Å². The number of aromatic nitrogens is 9. The van der Waals surface area contributed by atoms with Crippen LogP contribution in [-0.2, 0) is 51.2 Å². The summed E-state index contributed by atoms with van der Waals surface area (Å²) < 4.78 is 53.0. The van der Waals surface area contributed by atoms with Gasteiger partial charge in [0.1, 0.15) is 36.4 Å². The van der Waals surface area contributed by atoms with Gasteiger partial charge in [0.2, 0.25) is 5.95 Å². The quantitative estimate of drug-likeness (QED) is 0.127. The predicted molar refractivity (Wildman–Crippen MR) is 160 cm³/mol. The number of aromatic amines is 1. The number of H-pyrrole nitrogens is 1. The van der Waals surface area contributed by atoms with Crippen LogP contribution >= 0.6 is 13.4 Å². The van der Waals surface area contributed by atoms with Crippen LogP contribution in [0.25, 0.3) is 22.3 Å². The Morgan fingerprint density at radius 1 is 1.15 bits per heavy atom. The van der Waals surface area contributed by atoms with Gasteiger partial charge in [-0.3, -0.25) is 18.9 Å². The summed E-state index contributed by atoms with van der Waals surface area (Å²) in [5.41, 5.74) is 9.19. The molecule has 0 spiro atoms. The van der Waals surface area contributed by atoms with E-state index in [1.807, 2.05) is 0 Å². The Balaban J connectivity index is 1.23. The second kappa shape index (κ2) is 11.3. The number of fused-ring (bicyclic) bond motifs is 5. The summed E-state index contributed by atoms with van der Waals surface area (Å²) in [4.78, 5) is 53.2. The highest BCUT2D eigenvalue weighted by Crippen LogP contribution is 2.56. The number of rotatable bonds is 2. The standard InChI is InChI=1S/C21H22FN11O9P2S2/c1-2-21-5-38-44(36,46)42-14-11(22)8(39-19(14)33-17-13(30-31-33)18(34)29-20(24)28-17)4-37-43(35,45)41-9(21)3-10(40-21)32-7-27-12-15(23)25-6-26-16(12)32/h1,6-11,14,19H,3-5H2,(H,35,45)(H,36,46)(H2,23,25,26)(H3,24,28,29,34)/t8-,9+,10-,11+,14-,19-,21-,43?,44?/m1/s1. The van der Waals surface area contributed by atoms with Crippen LogP contribution in [0.15, 0.2) is 17.4 Å². The van der Waals surface area contributed by atoms with E-state index in [1.165, 1.54) is 17.2 Å². The summed E-state index contributed by atoms with van der Waals surface area (Å²) in [7, 11) is 0. The van der Waals surface area contributed by atoms with Crippen molar-refractivity contribution in [3.63, 3.8) is 0 Å². The minimum Gasteiger partial charge on any atom is -0.382 e. The fourth-order valence-electron chi connectivity index (χ4n) is 5.30. The van der Waals surface area contributed by atoms with Crippen molar-refractivity contribution in [1.29, 1.82) is 0 Å². The molecule has 7 heterocycles. The zero-order valence-electron chi connectivity index (χ0n) is 22.9. The summed E-state index contributed by atoms with van der Waals surface area (Å²) >= 11 is 10.5. The van der Waals surface area contributed by atoms with Gasteiger partial charge in [-0.05, 0) is 23.6 Å². The summed E-state index contributed by atoms with van der Waals surface area (Å²) in [6.07, 6.45) is -0.460. The van der Waals surface area contributed by atoms with Crippen LogP contribution in [0.4, 0.5) is 16.2 Å². The van der Waals surface area contributed by atoms with Crippen LogP contribution in [0.1, 0.15) is 18.9 Å². The molecular weight excluding hydrogens is 695 g/mol. The van der Waals surface area contributed by atoms with Crippen LogP contribution < -0.4 is 17.0 Å². The third-order valence-electron chi connectivity index (χ3n) is 7.44. The molecule has 46 heavy (non-hydrogen) atoms. The van der Waals surface area contributed by atoms with Gasteiger partial charge in [-0.2, -0.15) is 9.67 Å².